The van der Waals surface area contributed by atoms with E-state index in [-0.39, 0.29) is 40.7 Å². The van der Waals surface area contributed by atoms with Crippen LogP contribution in [0.25, 0.3) is 0 Å². The number of allylic oxidation sites excluding steroid dienone is 3. The second kappa shape index (κ2) is 5.74. The van der Waals surface area contributed by atoms with Crippen LogP contribution in [0.2, 0.25) is 0 Å². The van der Waals surface area contributed by atoms with Crippen LogP contribution in [-0.4, -0.2) is 41.3 Å². The second-order valence-corrected chi connectivity index (χ2v) is 9.57. The van der Waals surface area contributed by atoms with Crippen LogP contribution in [0.3, 0.4) is 0 Å². The second-order valence-electron chi connectivity index (χ2n) is 9.57. The molecule has 5 aliphatic rings. The highest BCUT2D eigenvalue weighted by molar-refractivity contribution is 6.01. The summed E-state index contributed by atoms with van der Waals surface area (Å²) in [4.78, 5) is 24.7. The van der Waals surface area contributed by atoms with E-state index in [4.69, 9.17) is 9.47 Å². The van der Waals surface area contributed by atoms with Crippen molar-refractivity contribution in [3.8, 4) is 0 Å². The van der Waals surface area contributed by atoms with Crippen molar-refractivity contribution in [2.24, 2.45) is 22.7 Å². The van der Waals surface area contributed by atoms with Gasteiger partial charge in [-0.05, 0) is 69.1 Å². The Hall–Kier alpha value is -1.56. The first kappa shape index (κ1) is 18.5. The first-order valence-corrected chi connectivity index (χ1v) is 10.4. The SMILES string of the molecule is C[C@@H](O)OCC(=O)C1=CCC2C3CCC4=CC(=O)C=C[C@]4(C)C34OC4C[C@]12C. The molecule has 7 atom stereocenters. The number of ketones is 2. The van der Waals surface area contributed by atoms with Gasteiger partial charge in [-0.1, -0.05) is 24.6 Å². The Morgan fingerprint density at radius 1 is 1.39 bits per heavy atom. The van der Waals surface area contributed by atoms with Crippen molar-refractivity contribution < 1.29 is 24.2 Å². The zero-order valence-corrected chi connectivity index (χ0v) is 16.7. The smallest absolute Gasteiger partial charge is 0.184 e. The molecule has 0 aromatic rings. The fraction of sp³-hybridized carbons (Fsp3) is 0.652. The van der Waals surface area contributed by atoms with Gasteiger partial charge in [0, 0.05) is 10.8 Å². The van der Waals surface area contributed by atoms with Gasteiger partial charge < -0.3 is 14.6 Å². The number of aliphatic hydroxyl groups is 1. The molecule has 5 heteroatoms. The summed E-state index contributed by atoms with van der Waals surface area (Å²) in [6.07, 6.45) is 10.5. The van der Waals surface area contributed by atoms with Gasteiger partial charge in [0.2, 0.25) is 0 Å². The molecule has 0 amide bonds. The number of carbonyl (C=O) groups is 2. The Morgan fingerprint density at radius 2 is 2.18 bits per heavy atom. The average molecular weight is 384 g/mol. The van der Waals surface area contributed by atoms with E-state index in [1.807, 2.05) is 6.08 Å². The zero-order valence-electron chi connectivity index (χ0n) is 16.7. The van der Waals surface area contributed by atoms with Crippen molar-refractivity contribution in [2.45, 2.75) is 64.4 Å². The minimum atomic E-state index is -0.940. The number of hydrogen-bond acceptors (Lipinski definition) is 5. The molecule has 0 aromatic carbocycles. The summed E-state index contributed by atoms with van der Waals surface area (Å²) in [6.45, 7) is 5.87. The number of Topliss-reactive ketones (excluding diaryl/α,β-unsaturated/α-hetero) is 1. The van der Waals surface area contributed by atoms with Gasteiger partial charge >= 0.3 is 0 Å². The van der Waals surface area contributed by atoms with Crippen molar-refractivity contribution in [1.82, 2.24) is 0 Å². The van der Waals surface area contributed by atoms with Gasteiger partial charge in [0.25, 0.3) is 0 Å². The number of rotatable bonds is 4. The Morgan fingerprint density at radius 3 is 2.93 bits per heavy atom. The fourth-order valence-electron chi connectivity index (χ4n) is 6.93. The molecule has 0 aromatic heterocycles. The quantitative estimate of drug-likeness (QED) is 0.596. The highest BCUT2D eigenvalue weighted by Gasteiger charge is 2.78. The van der Waals surface area contributed by atoms with Crippen LogP contribution in [0.5, 0.6) is 0 Å². The third kappa shape index (κ3) is 2.18. The minimum absolute atomic E-state index is 0.0233. The first-order chi connectivity index (χ1) is 13.2. The summed E-state index contributed by atoms with van der Waals surface area (Å²) in [5, 5.41) is 9.35. The number of fused-ring (bicyclic) bond motifs is 3. The van der Waals surface area contributed by atoms with E-state index in [0.717, 1.165) is 31.3 Å². The van der Waals surface area contributed by atoms with E-state index in [1.165, 1.54) is 12.5 Å². The third-order valence-corrected chi connectivity index (χ3v) is 8.27. The molecule has 4 aliphatic carbocycles. The predicted molar refractivity (Wildman–Crippen MR) is 102 cm³/mol. The van der Waals surface area contributed by atoms with E-state index in [9.17, 15) is 14.7 Å². The summed E-state index contributed by atoms with van der Waals surface area (Å²) in [6, 6.07) is 0. The van der Waals surface area contributed by atoms with Crippen molar-refractivity contribution >= 4 is 11.6 Å². The van der Waals surface area contributed by atoms with Crippen molar-refractivity contribution in [2.75, 3.05) is 6.61 Å². The van der Waals surface area contributed by atoms with Crippen LogP contribution in [0.4, 0.5) is 0 Å². The topological polar surface area (TPSA) is 76.1 Å². The number of ether oxygens (including phenoxy) is 2. The summed E-state index contributed by atoms with van der Waals surface area (Å²) >= 11 is 0. The van der Waals surface area contributed by atoms with Gasteiger partial charge in [-0.3, -0.25) is 9.59 Å². The minimum Gasteiger partial charge on any atom is -0.368 e. The van der Waals surface area contributed by atoms with Crippen molar-refractivity contribution in [3.63, 3.8) is 0 Å². The van der Waals surface area contributed by atoms with E-state index < -0.39 is 6.29 Å². The molecule has 150 valence electrons. The molecule has 2 saturated carbocycles. The lowest BCUT2D eigenvalue weighted by molar-refractivity contribution is -0.134. The van der Waals surface area contributed by atoms with Crippen LogP contribution in [0.1, 0.15) is 46.5 Å². The first-order valence-electron chi connectivity index (χ1n) is 10.4. The molecular weight excluding hydrogens is 356 g/mol. The van der Waals surface area contributed by atoms with Crippen LogP contribution < -0.4 is 0 Å². The summed E-state index contributed by atoms with van der Waals surface area (Å²) < 4.78 is 11.7. The molecule has 0 bridgehead atoms. The van der Waals surface area contributed by atoms with E-state index in [2.05, 4.69) is 26.0 Å². The molecule has 1 N–H and O–H groups in total. The number of aliphatic hydroxyl groups excluding tert-OH is 1. The molecule has 1 spiro atoms. The molecule has 5 nitrogen and oxygen atoms in total. The standard InChI is InChI=1S/C23H28O5/c1-13(24)27-12-19(26)18-7-6-16-17-5-4-14-10-15(25)8-9-22(14,3)23(17)20(28-23)11-21(16,18)2/h7-10,13,16-17,20,24H,4-6,11-12H2,1-3H3/t13-,16?,17?,20?,21-,22-,23?/m0/s1. The molecule has 28 heavy (non-hydrogen) atoms. The lowest BCUT2D eigenvalue weighted by Crippen LogP contribution is -2.56. The molecule has 3 fully saturated rings. The maximum atomic E-state index is 12.8. The molecule has 0 radical (unpaired) electrons. The van der Waals surface area contributed by atoms with Gasteiger partial charge in [-0.2, -0.15) is 0 Å². The van der Waals surface area contributed by atoms with Gasteiger partial charge in [-0.15, -0.1) is 0 Å². The molecule has 1 saturated heterocycles. The Labute approximate surface area is 165 Å². The molecule has 5 rings (SSSR count). The Kier molecular flexibility index (Phi) is 3.79. The van der Waals surface area contributed by atoms with Crippen molar-refractivity contribution in [1.29, 1.82) is 0 Å². The van der Waals surface area contributed by atoms with Gasteiger partial charge in [-0.25, -0.2) is 0 Å². The maximum Gasteiger partial charge on any atom is 0.184 e. The fourth-order valence-corrected chi connectivity index (χ4v) is 6.93. The lowest BCUT2D eigenvalue weighted by Gasteiger charge is -2.54. The maximum absolute atomic E-state index is 12.8. The monoisotopic (exact) mass is 384 g/mol. The van der Waals surface area contributed by atoms with Gasteiger partial charge in [0.1, 0.15) is 12.2 Å². The zero-order chi connectivity index (χ0) is 19.9. The number of hydrogen-bond donors (Lipinski definition) is 1. The number of carbonyl (C=O) groups excluding carboxylic acids is 2. The molecular formula is C23H28O5. The van der Waals surface area contributed by atoms with Gasteiger partial charge in [0.15, 0.2) is 17.9 Å². The van der Waals surface area contributed by atoms with Crippen LogP contribution in [0.15, 0.2) is 35.5 Å². The molecule has 1 heterocycles. The summed E-state index contributed by atoms with van der Waals surface area (Å²) in [5.74, 6) is 0.787. The van der Waals surface area contributed by atoms with Crippen molar-refractivity contribution in [3.05, 3.63) is 35.5 Å². The number of epoxide rings is 1. The molecule has 4 unspecified atom stereocenters. The van der Waals surface area contributed by atoms with E-state index >= 15 is 0 Å². The average Bonchev–Trinajstić information content (AvgIpc) is 3.25. The summed E-state index contributed by atoms with van der Waals surface area (Å²) in [7, 11) is 0. The largest absolute Gasteiger partial charge is 0.368 e. The van der Waals surface area contributed by atoms with Gasteiger partial charge in [0.05, 0.1) is 6.10 Å². The van der Waals surface area contributed by atoms with Crippen LogP contribution in [0, 0.1) is 22.7 Å². The highest BCUT2D eigenvalue weighted by atomic mass is 16.6. The van der Waals surface area contributed by atoms with E-state index in [0.29, 0.717) is 11.8 Å². The third-order valence-electron chi connectivity index (χ3n) is 8.27. The normalized spacial score (nSPS) is 46.6. The Bertz CT molecular complexity index is 851. The Balaban J connectivity index is 1.45. The van der Waals surface area contributed by atoms with Crippen LogP contribution in [-0.2, 0) is 19.1 Å². The predicted octanol–water partition coefficient (Wildman–Crippen LogP) is 2.89. The van der Waals surface area contributed by atoms with Crippen LogP contribution >= 0.6 is 0 Å². The highest BCUT2D eigenvalue weighted by Crippen LogP contribution is 2.74. The van der Waals surface area contributed by atoms with E-state index in [1.54, 1.807) is 6.08 Å². The summed E-state index contributed by atoms with van der Waals surface area (Å²) in [5.41, 5.74) is 1.39. The lowest BCUT2D eigenvalue weighted by atomic mass is 9.47. The molecule has 1 aliphatic heterocycles.